The quantitative estimate of drug-likeness (QED) is 0.631. The molecule has 2 heteroatoms. The summed E-state index contributed by atoms with van der Waals surface area (Å²) in [4.78, 5) is 2.70. The second-order valence-electron chi connectivity index (χ2n) is 5.46. The van der Waals surface area contributed by atoms with E-state index >= 15 is 0 Å². The Balaban J connectivity index is 2.86. The molecule has 106 valence electrons. The number of hydrogen-bond donors (Lipinski definition) is 1. The molecule has 1 rings (SSSR count). The van der Waals surface area contributed by atoms with Gasteiger partial charge in [0.15, 0.2) is 0 Å². The zero-order valence-corrected chi connectivity index (χ0v) is 12.7. The van der Waals surface area contributed by atoms with Crippen molar-refractivity contribution in [3.63, 3.8) is 0 Å². The van der Waals surface area contributed by atoms with E-state index in [-0.39, 0.29) is 0 Å². The summed E-state index contributed by atoms with van der Waals surface area (Å²) < 4.78 is 0. The lowest BCUT2D eigenvalue weighted by Gasteiger charge is -2.46. The molecule has 18 heavy (non-hydrogen) atoms. The third-order valence-corrected chi connectivity index (χ3v) is 4.62. The van der Waals surface area contributed by atoms with E-state index in [2.05, 4.69) is 43.6 Å². The van der Waals surface area contributed by atoms with E-state index < -0.39 is 0 Å². The van der Waals surface area contributed by atoms with Gasteiger partial charge in [-0.05, 0) is 45.3 Å². The molecule has 0 spiro atoms. The molecule has 1 fully saturated rings. The van der Waals surface area contributed by atoms with Crippen LogP contribution in [0.2, 0.25) is 0 Å². The summed E-state index contributed by atoms with van der Waals surface area (Å²) in [5.74, 6) is 0. The fraction of sp³-hybridized carbons (Fsp3) is 0.875. The van der Waals surface area contributed by atoms with Crippen LogP contribution in [0, 0.1) is 0 Å². The van der Waals surface area contributed by atoms with Gasteiger partial charge in [-0.3, -0.25) is 4.90 Å². The normalized spacial score (nSPS) is 20.2. The molecule has 0 aliphatic heterocycles. The second-order valence-corrected chi connectivity index (χ2v) is 5.46. The number of nitrogens with one attached hydrogen (secondary N) is 1. The topological polar surface area (TPSA) is 15.3 Å². The lowest BCUT2D eigenvalue weighted by Crippen LogP contribution is -2.59. The minimum Gasteiger partial charge on any atom is -0.312 e. The molecule has 1 atom stereocenters. The Morgan fingerprint density at radius 3 is 2.28 bits per heavy atom. The molecule has 0 aromatic heterocycles. The summed E-state index contributed by atoms with van der Waals surface area (Å²) in [5.41, 5.74) is 0.405. The molecular formula is C16H32N2. The van der Waals surface area contributed by atoms with Crippen molar-refractivity contribution in [2.75, 3.05) is 19.6 Å². The van der Waals surface area contributed by atoms with Crippen molar-refractivity contribution in [2.45, 2.75) is 70.9 Å². The van der Waals surface area contributed by atoms with Gasteiger partial charge in [-0.2, -0.15) is 0 Å². The highest BCUT2D eigenvalue weighted by molar-refractivity contribution is 5.03. The largest absolute Gasteiger partial charge is 0.312 e. The van der Waals surface area contributed by atoms with E-state index in [1.165, 1.54) is 45.2 Å². The third kappa shape index (κ3) is 3.36. The summed E-state index contributed by atoms with van der Waals surface area (Å²) in [7, 11) is 0. The van der Waals surface area contributed by atoms with Crippen LogP contribution in [0.5, 0.6) is 0 Å². The predicted molar refractivity (Wildman–Crippen MR) is 81.0 cm³/mol. The van der Waals surface area contributed by atoms with Gasteiger partial charge in [0, 0.05) is 11.6 Å². The Bertz CT molecular complexity index is 227. The van der Waals surface area contributed by atoms with E-state index in [0.29, 0.717) is 11.6 Å². The maximum atomic E-state index is 3.89. The predicted octanol–water partition coefficient (Wildman–Crippen LogP) is 3.59. The van der Waals surface area contributed by atoms with Crippen molar-refractivity contribution in [1.82, 2.24) is 10.2 Å². The highest BCUT2D eigenvalue weighted by atomic mass is 15.2. The van der Waals surface area contributed by atoms with Gasteiger partial charge >= 0.3 is 0 Å². The van der Waals surface area contributed by atoms with Gasteiger partial charge in [0.05, 0.1) is 0 Å². The summed E-state index contributed by atoms with van der Waals surface area (Å²) in [6.07, 6.45) is 9.94. The number of allylic oxidation sites excluding steroid dienone is 1. The number of nitrogens with zero attached hydrogens (tertiary/aromatic N) is 1. The number of likely N-dealkylation sites (N-methyl/N-ethyl adjacent to an activating group) is 2. The first kappa shape index (κ1) is 15.7. The molecule has 2 nitrogen and oxygen atoms in total. The Morgan fingerprint density at radius 2 is 1.83 bits per heavy atom. The molecule has 0 radical (unpaired) electrons. The van der Waals surface area contributed by atoms with E-state index in [0.717, 1.165) is 13.0 Å². The minimum absolute atomic E-state index is 0.405. The second kappa shape index (κ2) is 7.96. The standard InChI is InChI=1S/C16H32N2/c1-5-9-12-15(17-6-2)16(13-10-11-14-16)18(7-3)8-4/h5,15,17H,1,6-14H2,2-4H3. The van der Waals surface area contributed by atoms with Crippen LogP contribution < -0.4 is 5.32 Å². The first-order valence-electron chi connectivity index (χ1n) is 7.84. The molecule has 1 aliphatic rings. The van der Waals surface area contributed by atoms with Gasteiger partial charge in [0.2, 0.25) is 0 Å². The Hall–Kier alpha value is -0.340. The molecule has 1 N–H and O–H groups in total. The van der Waals surface area contributed by atoms with Crippen molar-refractivity contribution < 1.29 is 0 Å². The lowest BCUT2D eigenvalue weighted by atomic mass is 9.83. The lowest BCUT2D eigenvalue weighted by molar-refractivity contribution is 0.0606. The molecule has 0 heterocycles. The van der Waals surface area contributed by atoms with Crippen LogP contribution in [-0.4, -0.2) is 36.1 Å². The summed E-state index contributed by atoms with van der Waals surface area (Å²) in [5, 5.41) is 3.76. The Kier molecular flexibility index (Phi) is 6.95. The average Bonchev–Trinajstić information content (AvgIpc) is 2.86. The van der Waals surface area contributed by atoms with Gasteiger partial charge in [-0.1, -0.05) is 39.7 Å². The van der Waals surface area contributed by atoms with Crippen molar-refractivity contribution >= 4 is 0 Å². The summed E-state index contributed by atoms with van der Waals surface area (Å²) in [6.45, 7) is 14.1. The van der Waals surface area contributed by atoms with E-state index in [1.807, 2.05) is 0 Å². The zero-order valence-electron chi connectivity index (χ0n) is 12.7. The smallest absolute Gasteiger partial charge is 0.0362 e. The Labute approximate surface area is 114 Å². The van der Waals surface area contributed by atoms with E-state index in [1.54, 1.807) is 0 Å². The van der Waals surface area contributed by atoms with Crippen molar-refractivity contribution in [3.05, 3.63) is 12.7 Å². The van der Waals surface area contributed by atoms with Crippen LogP contribution in [0.4, 0.5) is 0 Å². The van der Waals surface area contributed by atoms with Crippen LogP contribution in [0.3, 0.4) is 0 Å². The monoisotopic (exact) mass is 252 g/mol. The highest BCUT2D eigenvalue weighted by Gasteiger charge is 2.43. The molecule has 0 aromatic rings. The molecule has 1 saturated carbocycles. The maximum Gasteiger partial charge on any atom is 0.0362 e. The number of rotatable bonds is 9. The van der Waals surface area contributed by atoms with Gasteiger partial charge in [0.25, 0.3) is 0 Å². The zero-order chi connectivity index (χ0) is 13.4. The minimum atomic E-state index is 0.405. The SMILES string of the molecule is C=CCCC(NCC)C1(N(CC)CC)CCCC1. The molecule has 0 bridgehead atoms. The van der Waals surface area contributed by atoms with Crippen LogP contribution in [0.15, 0.2) is 12.7 Å². The van der Waals surface area contributed by atoms with Crippen LogP contribution in [0.25, 0.3) is 0 Å². The molecule has 0 saturated heterocycles. The fourth-order valence-corrected chi connectivity index (χ4v) is 3.82. The fourth-order valence-electron chi connectivity index (χ4n) is 3.82. The van der Waals surface area contributed by atoms with Crippen LogP contribution in [0.1, 0.15) is 59.3 Å². The van der Waals surface area contributed by atoms with Gasteiger partial charge in [0.1, 0.15) is 0 Å². The molecule has 0 amide bonds. The molecular weight excluding hydrogens is 220 g/mol. The van der Waals surface area contributed by atoms with Gasteiger partial charge < -0.3 is 5.32 Å². The summed E-state index contributed by atoms with van der Waals surface area (Å²) >= 11 is 0. The van der Waals surface area contributed by atoms with E-state index in [4.69, 9.17) is 0 Å². The molecule has 0 aromatic carbocycles. The summed E-state index contributed by atoms with van der Waals surface area (Å²) in [6, 6.07) is 0.628. The molecule has 1 aliphatic carbocycles. The van der Waals surface area contributed by atoms with Crippen molar-refractivity contribution in [3.8, 4) is 0 Å². The third-order valence-electron chi connectivity index (χ3n) is 4.62. The first-order chi connectivity index (χ1) is 8.75. The average molecular weight is 252 g/mol. The van der Waals surface area contributed by atoms with E-state index in [9.17, 15) is 0 Å². The highest BCUT2D eigenvalue weighted by Crippen LogP contribution is 2.39. The van der Waals surface area contributed by atoms with Crippen LogP contribution >= 0.6 is 0 Å². The van der Waals surface area contributed by atoms with Gasteiger partial charge in [-0.25, -0.2) is 0 Å². The Morgan fingerprint density at radius 1 is 1.22 bits per heavy atom. The van der Waals surface area contributed by atoms with Crippen molar-refractivity contribution in [1.29, 1.82) is 0 Å². The first-order valence-corrected chi connectivity index (χ1v) is 7.84. The van der Waals surface area contributed by atoms with Gasteiger partial charge in [-0.15, -0.1) is 6.58 Å². The molecule has 1 unspecified atom stereocenters. The van der Waals surface area contributed by atoms with Crippen molar-refractivity contribution in [2.24, 2.45) is 0 Å². The number of hydrogen-bond acceptors (Lipinski definition) is 2. The van der Waals surface area contributed by atoms with Crippen LogP contribution in [-0.2, 0) is 0 Å². The maximum absolute atomic E-state index is 3.89.